The van der Waals surface area contributed by atoms with Gasteiger partial charge in [0, 0.05) is 23.7 Å². The smallest absolute Gasteiger partial charge is 0.131 e. The van der Waals surface area contributed by atoms with Crippen LogP contribution in [0.15, 0.2) is 35.0 Å². The van der Waals surface area contributed by atoms with Crippen molar-refractivity contribution in [1.29, 1.82) is 0 Å². The zero-order chi connectivity index (χ0) is 13.8. The molecule has 0 spiro atoms. The summed E-state index contributed by atoms with van der Waals surface area (Å²) >= 11 is 1.67. The first-order valence-corrected chi connectivity index (χ1v) is 7.17. The second-order valence-corrected chi connectivity index (χ2v) is 5.33. The molecule has 2 nitrogen and oxygen atoms in total. The lowest BCUT2D eigenvalue weighted by atomic mass is 10.1. The van der Waals surface area contributed by atoms with Crippen LogP contribution in [0.5, 0.6) is 5.75 Å². The molecule has 2 rings (SSSR count). The molecular weight excluding hydrogens is 261 g/mol. The van der Waals surface area contributed by atoms with Gasteiger partial charge in [-0.25, -0.2) is 4.39 Å². The Morgan fingerprint density at radius 3 is 2.58 bits per heavy atom. The minimum absolute atomic E-state index is 0.0548. The number of nitrogens with one attached hydrogen (secondary N) is 1. The van der Waals surface area contributed by atoms with Crippen molar-refractivity contribution in [3.05, 3.63) is 52.0 Å². The molecule has 2 aromatic rings. The molecule has 4 heteroatoms. The molecule has 0 amide bonds. The number of halogens is 1. The summed E-state index contributed by atoms with van der Waals surface area (Å²) in [5, 5.41) is 7.56. The van der Waals surface area contributed by atoms with Crippen LogP contribution in [0.1, 0.15) is 37.1 Å². The summed E-state index contributed by atoms with van der Waals surface area (Å²) < 4.78 is 19.0. The summed E-state index contributed by atoms with van der Waals surface area (Å²) in [5.41, 5.74) is 1.88. The predicted molar refractivity (Wildman–Crippen MR) is 77.2 cm³/mol. The summed E-state index contributed by atoms with van der Waals surface area (Å²) in [7, 11) is 1.54. The Morgan fingerprint density at radius 1 is 1.21 bits per heavy atom. The molecule has 0 aliphatic rings. The average Bonchev–Trinajstić information content (AvgIpc) is 2.92. The molecular formula is C15H18FNOS. The van der Waals surface area contributed by atoms with Gasteiger partial charge < -0.3 is 10.1 Å². The van der Waals surface area contributed by atoms with E-state index in [2.05, 4.69) is 23.7 Å². The standard InChI is InChI=1S/C15H18FNOS/c1-10(12-6-7-19-9-12)17-11(2)14-5-4-13(18-3)8-15(14)16/h4-11,17H,1-3H3. The van der Waals surface area contributed by atoms with Crippen molar-refractivity contribution < 1.29 is 9.13 Å². The van der Waals surface area contributed by atoms with Gasteiger partial charge >= 0.3 is 0 Å². The summed E-state index contributed by atoms with van der Waals surface area (Å²) in [5.74, 6) is 0.302. The Kier molecular flexibility index (Phi) is 4.56. The van der Waals surface area contributed by atoms with E-state index in [0.717, 1.165) is 0 Å². The molecule has 0 saturated heterocycles. The van der Waals surface area contributed by atoms with Crippen LogP contribution in [-0.2, 0) is 0 Å². The van der Waals surface area contributed by atoms with Gasteiger partial charge in [0.05, 0.1) is 7.11 Å². The van der Waals surface area contributed by atoms with Gasteiger partial charge in [-0.2, -0.15) is 11.3 Å². The minimum atomic E-state index is -0.239. The highest BCUT2D eigenvalue weighted by atomic mass is 32.1. The van der Waals surface area contributed by atoms with E-state index >= 15 is 0 Å². The average molecular weight is 279 g/mol. The van der Waals surface area contributed by atoms with Crippen LogP contribution in [0.3, 0.4) is 0 Å². The van der Waals surface area contributed by atoms with Gasteiger partial charge in [0.15, 0.2) is 0 Å². The molecule has 1 aromatic carbocycles. The SMILES string of the molecule is COc1ccc(C(C)NC(C)c2ccsc2)c(F)c1. The maximum absolute atomic E-state index is 14.0. The van der Waals surface area contributed by atoms with Crippen molar-refractivity contribution in [2.24, 2.45) is 0 Å². The highest BCUT2D eigenvalue weighted by Crippen LogP contribution is 2.25. The lowest BCUT2D eigenvalue weighted by Gasteiger charge is -2.20. The van der Waals surface area contributed by atoms with Crippen molar-refractivity contribution >= 4 is 11.3 Å². The van der Waals surface area contributed by atoms with Gasteiger partial charge in [0.25, 0.3) is 0 Å². The topological polar surface area (TPSA) is 21.3 Å². The molecule has 2 atom stereocenters. The van der Waals surface area contributed by atoms with Gasteiger partial charge in [-0.1, -0.05) is 6.07 Å². The van der Waals surface area contributed by atoms with Gasteiger partial charge in [-0.05, 0) is 42.3 Å². The quantitative estimate of drug-likeness (QED) is 0.880. The minimum Gasteiger partial charge on any atom is -0.497 e. The molecule has 2 unspecified atom stereocenters. The number of thiophene rings is 1. The number of hydrogen-bond donors (Lipinski definition) is 1. The normalized spacial score (nSPS) is 14.1. The van der Waals surface area contributed by atoms with Crippen molar-refractivity contribution in [2.75, 3.05) is 7.11 Å². The van der Waals surface area contributed by atoms with E-state index in [-0.39, 0.29) is 17.9 Å². The highest BCUT2D eigenvalue weighted by molar-refractivity contribution is 7.07. The van der Waals surface area contributed by atoms with E-state index in [1.807, 2.05) is 12.3 Å². The molecule has 1 aromatic heterocycles. The van der Waals surface area contributed by atoms with E-state index in [1.54, 1.807) is 23.5 Å². The van der Waals surface area contributed by atoms with Crippen LogP contribution in [0.2, 0.25) is 0 Å². The first-order chi connectivity index (χ1) is 9.11. The van der Waals surface area contributed by atoms with Crippen molar-refractivity contribution in [2.45, 2.75) is 25.9 Å². The third-order valence-electron chi connectivity index (χ3n) is 3.22. The summed E-state index contributed by atoms with van der Waals surface area (Å²) in [4.78, 5) is 0. The Hall–Kier alpha value is -1.39. The largest absolute Gasteiger partial charge is 0.497 e. The van der Waals surface area contributed by atoms with Crippen LogP contribution in [0, 0.1) is 5.82 Å². The fraction of sp³-hybridized carbons (Fsp3) is 0.333. The zero-order valence-corrected chi connectivity index (χ0v) is 12.1. The van der Waals surface area contributed by atoms with Crippen LogP contribution in [-0.4, -0.2) is 7.11 Å². The first-order valence-electron chi connectivity index (χ1n) is 6.23. The lowest BCUT2D eigenvalue weighted by molar-refractivity contribution is 0.408. The van der Waals surface area contributed by atoms with Gasteiger partial charge in [-0.3, -0.25) is 0 Å². The predicted octanol–water partition coefficient (Wildman–Crippen LogP) is 4.31. The molecule has 102 valence electrons. The fourth-order valence-corrected chi connectivity index (χ4v) is 2.82. The Morgan fingerprint density at radius 2 is 2.00 bits per heavy atom. The number of methoxy groups -OCH3 is 1. The molecule has 19 heavy (non-hydrogen) atoms. The second-order valence-electron chi connectivity index (χ2n) is 4.55. The Bertz CT molecular complexity index is 527. The summed E-state index contributed by atoms with van der Waals surface area (Å²) in [6.07, 6.45) is 0. The van der Waals surface area contributed by atoms with Crippen LogP contribution < -0.4 is 10.1 Å². The molecule has 0 fully saturated rings. The number of ether oxygens (including phenoxy) is 1. The second kappa shape index (κ2) is 6.17. The van der Waals surface area contributed by atoms with E-state index < -0.39 is 0 Å². The third-order valence-corrected chi connectivity index (χ3v) is 3.92. The lowest BCUT2D eigenvalue weighted by Crippen LogP contribution is -2.22. The molecule has 0 bridgehead atoms. The van der Waals surface area contributed by atoms with E-state index in [0.29, 0.717) is 11.3 Å². The zero-order valence-electron chi connectivity index (χ0n) is 11.3. The van der Waals surface area contributed by atoms with Crippen LogP contribution in [0.25, 0.3) is 0 Å². The van der Waals surface area contributed by atoms with E-state index in [1.165, 1.54) is 18.7 Å². The number of rotatable bonds is 5. The maximum atomic E-state index is 14.0. The van der Waals surface area contributed by atoms with Crippen molar-refractivity contribution in [1.82, 2.24) is 5.32 Å². The molecule has 0 radical (unpaired) electrons. The molecule has 0 aliphatic heterocycles. The van der Waals surface area contributed by atoms with Crippen molar-refractivity contribution in [3.8, 4) is 5.75 Å². The fourth-order valence-electron chi connectivity index (χ4n) is 2.07. The van der Waals surface area contributed by atoms with Crippen molar-refractivity contribution in [3.63, 3.8) is 0 Å². The van der Waals surface area contributed by atoms with Crippen LogP contribution in [0.4, 0.5) is 4.39 Å². The monoisotopic (exact) mass is 279 g/mol. The van der Waals surface area contributed by atoms with Gasteiger partial charge in [0.1, 0.15) is 11.6 Å². The molecule has 0 saturated carbocycles. The highest BCUT2D eigenvalue weighted by Gasteiger charge is 2.15. The Balaban J connectivity index is 2.09. The summed E-state index contributed by atoms with van der Waals surface area (Å²) in [6, 6.07) is 7.20. The maximum Gasteiger partial charge on any atom is 0.131 e. The van der Waals surface area contributed by atoms with Crippen LogP contribution >= 0.6 is 11.3 Å². The third kappa shape index (κ3) is 3.33. The van der Waals surface area contributed by atoms with E-state index in [9.17, 15) is 4.39 Å². The molecule has 1 heterocycles. The van der Waals surface area contributed by atoms with E-state index in [4.69, 9.17) is 4.74 Å². The molecule has 0 aliphatic carbocycles. The molecule has 1 N–H and O–H groups in total. The van der Waals surface area contributed by atoms with Gasteiger partial charge in [-0.15, -0.1) is 0 Å². The number of benzene rings is 1. The summed E-state index contributed by atoms with van der Waals surface area (Å²) in [6.45, 7) is 4.05. The van der Waals surface area contributed by atoms with Gasteiger partial charge in [0.2, 0.25) is 0 Å². The Labute approximate surface area is 117 Å². The first kappa shape index (κ1) is 14.0. The number of hydrogen-bond acceptors (Lipinski definition) is 3.